The van der Waals surface area contributed by atoms with Crippen LogP contribution in [0.25, 0.3) is 0 Å². The third-order valence-electron chi connectivity index (χ3n) is 5.89. The van der Waals surface area contributed by atoms with E-state index in [0.29, 0.717) is 37.3 Å². The number of carbonyl (C=O) groups excluding carboxylic acids is 2. The third-order valence-corrected chi connectivity index (χ3v) is 6.26. The first-order valence-electron chi connectivity index (χ1n) is 13.1. The van der Waals surface area contributed by atoms with Crippen LogP contribution in [-0.4, -0.2) is 49.4 Å². The Morgan fingerprint density at radius 3 is 2.19 bits per heavy atom. The molecule has 0 saturated heterocycles. The van der Waals surface area contributed by atoms with Crippen LogP contribution in [0.15, 0.2) is 24.3 Å². The molecule has 0 spiro atoms. The molecule has 36 heavy (non-hydrogen) atoms. The Morgan fingerprint density at radius 1 is 0.917 bits per heavy atom. The molecule has 204 valence electrons. The van der Waals surface area contributed by atoms with Crippen molar-refractivity contribution in [1.82, 2.24) is 10.6 Å². The SMILES string of the molecule is COCCCCCCCCCCCC(=O)N[C@@H](CCCCNC(=O)OCc1ccccc1Cl)C(=O)O. The van der Waals surface area contributed by atoms with E-state index in [9.17, 15) is 19.5 Å². The van der Waals surface area contributed by atoms with Gasteiger partial charge in [0.1, 0.15) is 12.6 Å². The van der Waals surface area contributed by atoms with Gasteiger partial charge >= 0.3 is 12.1 Å². The second-order valence-corrected chi connectivity index (χ2v) is 9.38. The maximum Gasteiger partial charge on any atom is 0.407 e. The van der Waals surface area contributed by atoms with Gasteiger partial charge in [-0.25, -0.2) is 9.59 Å². The fourth-order valence-electron chi connectivity index (χ4n) is 3.77. The summed E-state index contributed by atoms with van der Waals surface area (Å²) in [6.07, 6.45) is 11.3. The highest BCUT2D eigenvalue weighted by Crippen LogP contribution is 2.15. The smallest absolute Gasteiger partial charge is 0.407 e. The van der Waals surface area contributed by atoms with Crippen molar-refractivity contribution in [2.24, 2.45) is 0 Å². The van der Waals surface area contributed by atoms with Crippen molar-refractivity contribution in [2.45, 2.75) is 96.1 Å². The van der Waals surface area contributed by atoms with Crippen LogP contribution in [-0.2, 0) is 25.7 Å². The van der Waals surface area contributed by atoms with Crippen LogP contribution >= 0.6 is 11.6 Å². The summed E-state index contributed by atoms with van der Waals surface area (Å²) in [5.74, 6) is -1.26. The predicted molar refractivity (Wildman–Crippen MR) is 141 cm³/mol. The molecule has 1 aromatic rings. The van der Waals surface area contributed by atoms with Crippen molar-refractivity contribution in [3.63, 3.8) is 0 Å². The molecule has 1 aromatic carbocycles. The van der Waals surface area contributed by atoms with Gasteiger partial charge in [0.15, 0.2) is 0 Å². The number of halogens is 1. The number of unbranched alkanes of at least 4 members (excludes halogenated alkanes) is 9. The Kier molecular flexibility index (Phi) is 18.3. The Bertz CT molecular complexity index is 762. The lowest BCUT2D eigenvalue weighted by atomic mass is 10.1. The number of nitrogens with one attached hydrogen (secondary N) is 2. The normalized spacial score (nSPS) is 11.6. The number of benzene rings is 1. The Hall–Kier alpha value is -2.32. The van der Waals surface area contributed by atoms with E-state index in [4.69, 9.17) is 21.1 Å². The van der Waals surface area contributed by atoms with Crippen molar-refractivity contribution in [3.8, 4) is 0 Å². The van der Waals surface area contributed by atoms with E-state index in [1.807, 2.05) is 6.07 Å². The lowest BCUT2D eigenvalue weighted by Gasteiger charge is -2.14. The number of carbonyl (C=O) groups is 3. The average molecular weight is 527 g/mol. The van der Waals surface area contributed by atoms with Crippen LogP contribution in [0.5, 0.6) is 0 Å². The number of hydrogen-bond donors (Lipinski definition) is 3. The van der Waals surface area contributed by atoms with Crippen LogP contribution in [0.4, 0.5) is 4.79 Å². The lowest BCUT2D eigenvalue weighted by Crippen LogP contribution is -2.40. The molecular formula is C27H43ClN2O6. The van der Waals surface area contributed by atoms with Crippen molar-refractivity contribution in [2.75, 3.05) is 20.3 Å². The molecule has 0 aliphatic carbocycles. The molecule has 0 bridgehead atoms. The van der Waals surface area contributed by atoms with E-state index < -0.39 is 18.1 Å². The van der Waals surface area contributed by atoms with Gasteiger partial charge in [-0.3, -0.25) is 4.79 Å². The number of amides is 2. The highest BCUT2D eigenvalue weighted by molar-refractivity contribution is 6.31. The van der Waals surface area contributed by atoms with Gasteiger partial charge in [0.2, 0.25) is 5.91 Å². The van der Waals surface area contributed by atoms with Crippen molar-refractivity contribution < 1.29 is 29.0 Å². The van der Waals surface area contributed by atoms with Gasteiger partial charge in [0.25, 0.3) is 0 Å². The lowest BCUT2D eigenvalue weighted by molar-refractivity contribution is -0.142. The fourth-order valence-corrected chi connectivity index (χ4v) is 3.96. The molecule has 0 saturated carbocycles. The van der Waals surface area contributed by atoms with E-state index in [0.717, 1.165) is 37.9 Å². The van der Waals surface area contributed by atoms with Gasteiger partial charge in [0.05, 0.1) is 0 Å². The Balaban J connectivity index is 2.06. The first-order chi connectivity index (χ1) is 17.4. The first kappa shape index (κ1) is 31.7. The summed E-state index contributed by atoms with van der Waals surface area (Å²) in [6, 6.07) is 6.21. The highest BCUT2D eigenvalue weighted by atomic mass is 35.5. The second kappa shape index (κ2) is 20.8. The zero-order valence-corrected chi connectivity index (χ0v) is 22.3. The summed E-state index contributed by atoms with van der Waals surface area (Å²) in [4.78, 5) is 35.4. The van der Waals surface area contributed by atoms with Crippen LogP contribution in [0.3, 0.4) is 0 Å². The number of methoxy groups -OCH3 is 1. The fraction of sp³-hybridized carbons (Fsp3) is 0.667. The minimum absolute atomic E-state index is 0.0773. The van der Waals surface area contributed by atoms with Crippen LogP contribution in [0, 0.1) is 0 Å². The second-order valence-electron chi connectivity index (χ2n) is 8.97. The molecule has 3 N–H and O–H groups in total. The quantitative estimate of drug-likeness (QED) is 0.173. The van der Waals surface area contributed by atoms with Gasteiger partial charge in [-0.05, 0) is 38.2 Å². The van der Waals surface area contributed by atoms with Gasteiger partial charge in [-0.15, -0.1) is 0 Å². The summed E-state index contributed by atoms with van der Waals surface area (Å²) >= 11 is 6.03. The minimum atomic E-state index is -1.04. The number of carboxylic acids is 1. The van der Waals surface area contributed by atoms with Crippen molar-refractivity contribution >= 4 is 29.6 Å². The molecule has 0 aliphatic heterocycles. The zero-order valence-electron chi connectivity index (χ0n) is 21.6. The molecule has 9 heteroatoms. The van der Waals surface area contributed by atoms with Crippen molar-refractivity contribution in [3.05, 3.63) is 34.9 Å². The molecule has 0 aliphatic rings. The predicted octanol–water partition coefficient (Wildman–Crippen LogP) is 5.85. The summed E-state index contributed by atoms with van der Waals surface area (Å²) in [5.41, 5.74) is 0.721. The van der Waals surface area contributed by atoms with Crippen LogP contribution in [0.2, 0.25) is 5.02 Å². The standard InChI is InChI=1S/C27H43ClN2O6/c1-35-20-14-8-6-4-2-3-5-7-9-18-25(31)30-24(26(32)33)17-12-13-19-29-27(34)36-21-22-15-10-11-16-23(22)28/h10-11,15-16,24H,2-9,12-14,17-21H2,1H3,(H,29,34)(H,30,31)(H,32,33)/t24-/m0/s1. The summed E-state index contributed by atoms with van der Waals surface area (Å²) in [7, 11) is 1.73. The maximum atomic E-state index is 12.1. The molecule has 0 fully saturated rings. The largest absolute Gasteiger partial charge is 0.480 e. The van der Waals surface area contributed by atoms with E-state index >= 15 is 0 Å². The average Bonchev–Trinajstić information content (AvgIpc) is 2.85. The van der Waals surface area contributed by atoms with E-state index in [1.165, 1.54) is 32.1 Å². The topological polar surface area (TPSA) is 114 Å². The molecule has 0 aromatic heterocycles. The minimum Gasteiger partial charge on any atom is -0.480 e. The molecule has 0 unspecified atom stereocenters. The summed E-state index contributed by atoms with van der Waals surface area (Å²) in [6.45, 7) is 1.27. The number of aliphatic carboxylic acids is 1. The van der Waals surface area contributed by atoms with Gasteiger partial charge in [-0.2, -0.15) is 0 Å². The Morgan fingerprint density at radius 2 is 1.56 bits per heavy atom. The number of alkyl carbamates (subject to hydrolysis) is 1. The summed E-state index contributed by atoms with van der Waals surface area (Å²) < 4.78 is 10.2. The molecule has 1 rings (SSSR count). The molecule has 0 radical (unpaired) electrons. The van der Waals surface area contributed by atoms with Crippen LogP contribution in [0.1, 0.15) is 89.0 Å². The van der Waals surface area contributed by atoms with E-state index in [1.54, 1.807) is 25.3 Å². The molecule has 8 nitrogen and oxygen atoms in total. The van der Waals surface area contributed by atoms with E-state index in [2.05, 4.69) is 10.6 Å². The van der Waals surface area contributed by atoms with Gasteiger partial charge in [0, 0.05) is 37.3 Å². The zero-order chi connectivity index (χ0) is 26.4. The molecular weight excluding hydrogens is 484 g/mol. The highest BCUT2D eigenvalue weighted by Gasteiger charge is 2.19. The number of ether oxygens (including phenoxy) is 2. The monoisotopic (exact) mass is 526 g/mol. The number of hydrogen-bond acceptors (Lipinski definition) is 5. The Labute approximate surface area is 220 Å². The summed E-state index contributed by atoms with van der Waals surface area (Å²) in [5, 5.41) is 15.2. The van der Waals surface area contributed by atoms with Gasteiger partial charge in [-0.1, -0.05) is 74.7 Å². The third kappa shape index (κ3) is 16.4. The first-order valence-corrected chi connectivity index (χ1v) is 13.5. The molecule has 0 heterocycles. The number of carboxylic acid groups (broad SMARTS) is 1. The van der Waals surface area contributed by atoms with Crippen molar-refractivity contribution in [1.29, 1.82) is 0 Å². The van der Waals surface area contributed by atoms with Gasteiger partial charge < -0.3 is 25.2 Å². The van der Waals surface area contributed by atoms with Crippen LogP contribution < -0.4 is 10.6 Å². The van der Waals surface area contributed by atoms with E-state index in [-0.39, 0.29) is 12.5 Å². The molecule has 1 atom stereocenters. The number of rotatable bonds is 21. The molecule has 2 amide bonds. The maximum absolute atomic E-state index is 12.1.